The van der Waals surface area contributed by atoms with E-state index in [-0.39, 0.29) is 5.54 Å². The standard InChI is InChI=1S/C12H12N2/c13-12(5-6-12)10-7-9-3-1-2-4-11(9)14-8-10/h1-4,7-8H,5-6,13H2. The van der Waals surface area contributed by atoms with Gasteiger partial charge in [0.15, 0.2) is 0 Å². The van der Waals surface area contributed by atoms with Crippen molar-refractivity contribution in [3.8, 4) is 0 Å². The molecule has 0 saturated heterocycles. The van der Waals surface area contributed by atoms with E-state index in [4.69, 9.17) is 5.73 Å². The normalized spacial score (nSPS) is 18.4. The van der Waals surface area contributed by atoms with Crippen LogP contribution in [-0.2, 0) is 5.54 Å². The van der Waals surface area contributed by atoms with Crippen molar-refractivity contribution in [2.24, 2.45) is 5.73 Å². The minimum atomic E-state index is -0.0724. The summed E-state index contributed by atoms with van der Waals surface area (Å²) in [5.74, 6) is 0. The molecule has 2 heteroatoms. The van der Waals surface area contributed by atoms with Crippen molar-refractivity contribution in [2.45, 2.75) is 18.4 Å². The molecule has 1 aromatic carbocycles. The van der Waals surface area contributed by atoms with Gasteiger partial charge in [0.05, 0.1) is 5.52 Å². The first-order valence-corrected chi connectivity index (χ1v) is 4.92. The summed E-state index contributed by atoms with van der Waals surface area (Å²) in [6.45, 7) is 0. The van der Waals surface area contributed by atoms with E-state index in [0.717, 1.165) is 18.4 Å². The number of benzene rings is 1. The van der Waals surface area contributed by atoms with E-state index in [1.165, 1.54) is 10.9 Å². The smallest absolute Gasteiger partial charge is 0.0702 e. The number of para-hydroxylation sites is 1. The molecule has 3 rings (SSSR count). The molecule has 2 N–H and O–H groups in total. The second-order valence-corrected chi connectivity index (χ2v) is 4.07. The first kappa shape index (κ1) is 7.94. The molecule has 2 nitrogen and oxygen atoms in total. The van der Waals surface area contributed by atoms with Crippen LogP contribution in [0.5, 0.6) is 0 Å². The third kappa shape index (κ3) is 1.11. The van der Waals surface area contributed by atoms with E-state index in [1.807, 2.05) is 24.4 Å². The summed E-state index contributed by atoms with van der Waals surface area (Å²) >= 11 is 0. The van der Waals surface area contributed by atoms with Gasteiger partial charge in [-0.1, -0.05) is 18.2 Å². The van der Waals surface area contributed by atoms with Gasteiger partial charge in [0.1, 0.15) is 0 Å². The lowest BCUT2D eigenvalue weighted by atomic mass is 10.1. The fraction of sp³-hybridized carbons (Fsp3) is 0.250. The van der Waals surface area contributed by atoms with Crippen molar-refractivity contribution in [1.82, 2.24) is 4.98 Å². The number of nitrogens with zero attached hydrogens (tertiary/aromatic N) is 1. The largest absolute Gasteiger partial charge is 0.321 e. The Labute approximate surface area is 82.8 Å². The van der Waals surface area contributed by atoms with Crippen molar-refractivity contribution >= 4 is 10.9 Å². The highest BCUT2D eigenvalue weighted by atomic mass is 14.8. The maximum atomic E-state index is 6.12. The van der Waals surface area contributed by atoms with Crippen molar-refractivity contribution < 1.29 is 0 Å². The van der Waals surface area contributed by atoms with Gasteiger partial charge in [-0.15, -0.1) is 0 Å². The molecular weight excluding hydrogens is 172 g/mol. The summed E-state index contributed by atoms with van der Waals surface area (Å²) < 4.78 is 0. The maximum Gasteiger partial charge on any atom is 0.0702 e. The van der Waals surface area contributed by atoms with E-state index >= 15 is 0 Å². The van der Waals surface area contributed by atoms with Crippen LogP contribution in [0.3, 0.4) is 0 Å². The third-order valence-electron chi connectivity index (χ3n) is 2.95. The van der Waals surface area contributed by atoms with E-state index in [2.05, 4.69) is 17.1 Å². The Morgan fingerprint density at radius 2 is 2.00 bits per heavy atom. The minimum Gasteiger partial charge on any atom is -0.321 e. The average molecular weight is 184 g/mol. The van der Waals surface area contributed by atoms with Crippen molar-refractivity contribution in [3.05, 3.63) is 42.1 Å². The molecule has 1 fully saturated rings. The predicted octanol–water partition coefficient (Wildman–Crippen LogP) is 2.18. The SMILES string of the molecule is NC1(c2cnc3ccccc3c2)CC1. The van der Waals surface area contributed by atoms with Gasteiger partial charge in [0.2, 0.25) is 0 Å². The fourth-order valence-corrected chi connectivity index (χ4v) is 1.77. The highest BCUT2D eigenvalue weighted by molar-refractivity contribution is 5.79. The van der Waals surface area contributed by atoms with E-state index < -0.39 is 0 Å². The third-order valence-corrected chi connectivity index (χ3v) is 2.95. The van der Waals surface area contributed by atoms with Gasteiger partial charge in [-0.05, 0) is 30.5 Å². The molecule has 1 aromatic heterocycles. The zero-order valence-electron chi connectivity index (χ0n) is 7.90. The molecular formula is C12H12N2. The van der Waals surface area contributed by atoms with Crippen LogP contribution in [0, 0.1) is 0 Å². The van der Waals surface area contributed by atoms with E-state index in [1.54, 1.807) is 0 Å². The number of hydrogen-bond acceptors (Lipinski definition) is 2. The van der Waals surface area contributed by atoms with Gasteiger partial charge in [-0.2, -0.15) is 0 Å². The molecule has 1 saturated carbocycles. The Hall–Kier alpha value is -1.41. The molecule has 1 aliphatic carbocycles. The first-order chi connectivity index (χ1) is 6.78. The molecule has 14 heavy (non-hydrogen) atoms. The number of pyridine rings is 1. The van der Waals surface area contributed by atoms with Crippen LogP contribution in [-0.4, -0.2) is 4.98 Å². The minimum absolute atomic E-state index is 0.0724. The quantitative estimate of drug-likeness (QED) is 0.737. The van der Waals surface area contributed by atoms with Crippen LogP contribution in [0.1, 0.15) is 18.4 Å². The first-order valence-electron chi connectivity index (χ1n) is 4.92. The summed E-state index contributed by atoms with van der Waals surface area (Å²) in [5.41, 5.74) is 8.27. The molecule has 1 heterocycles. The van der Waals surface area contributed by atoms with Crippen LogP contribution >= 0.6 is 0 Å². The molecule has 1 aliphatic rings. The van der Waals surface area contributed by atoms with Crippen LogP contribution in [0.4, 0.5) is 0 Å². The van der Waals surface area contributed by atoms with Gasteiger partial charge in [0.25, 0.3) is 0 Å². The summed E-state index contributed by atoms with van der Waals surface area (Å²) in [6.07, 6.45) is 4.09. The molecule has 0 bridgehead atoms. The number of hydrogen-bond donors (Lipinski definition) is 1. The highest BCUT2D eigenvalue weighted by Crippen LogP contribution is 2.42. The molecule has 0 aliphatic heterocycles. The van der Waals surface area contributed by atoms with Crippen LogP contribution in [0.15, 0.2) is 36.5 Å². The lowest BCUT2D eigenvalue weighted by Crippen LogP contribution is -2.18. The number of fused-ring (bicyclic) bond motifs is 1. The topological polar surface area (TPSA) is 38.9 Å². The predicted molar refractivity (Wildman–Crippen MR) is 56.8 cm³/mol. The lowest BCUT2D eigenvalue weighted by molar-refractivity contribution is 0.737. The zero-order valence-corrected chi connectivity index (χ0v) is 7.90. The monoisotopic (exact) mass is 184 g/mol. The van der Waals surface area contributed by atoms with Gasteiger partial charge in [-0.25, -0.2) is 0 Å². The molecule has 2 aromatic rings. The Balaban J connectivity index is 2.20. The summed E-state index contributed by atoms with van der Waals surface area (Å²) in [4.78, 5) is 4.41. The summed E-state index contributed by atoms with van der Waals surface area (Å²) in [7, 11) is 0. The van der Waals surface area contributed by atoms with Crippen LogP contribution in [0.25, 0.3) is 10.9 Å². The molecule has 0 amide bonds. The second kappa shape index (κ2) is 2.55. The highest BCUT2D eigenvalue weighted by Gasteiger charge is 2.40. The lowest BCUT2D eigenvalue weighted by Gasteiger charge is -2.08. The number of rotatable bonds is 1. The second-order valence-electron chi connectivity index (χ2n) is 4.07. The van der Waals surface area contributed by atoms with Gasteiger partial charge in [0, 0.05) is 17.1 Å². The maximum absolute atomic E-state index is 6.12. The summed E-state index contributed by atoms with van der Waals surface area (Å²) in [6, 6.07) is 10.3. The van der Waals surface area contributed by atoms with Gasteiger partial charge in [-0.3, -0.25) is 4.98 Å². The van der Waals surface area contributed by atoms with Gasteiger partial charge >= 0.3 is 0 Å². The zero-order chi connectivity index (χ0) is 9.60. The Morgan fingerprint density at radius 1 is 1.21 bits per heavy atom. The molecule has 0 atom stereocenters. The molecule has 70 valence electrons. The molecule has 0 spiro atoms. The van der Waals surface area contributed by atoms with E-state index in [0.29, 0.717) is 0 Å². The molecule has 0 unspecified atom stereocenters. The Bertz CT molecular complexity index is 486. The van der Waals surface area contributed by atoms with Gasteiger partial charge < -0.3 is 5.73 Å². The number of aromatic nitrogens is 1. The Morgan fingerprint density at radius 3 is 2.79 bits per heavy atom. The molecule has 0 radical (unpaired) electrons. The van der Waals surface area contributed by atoms with Crippen molar-refractivity contribution in [1.29, 1.82) is 0 Å². The average Bonchev–Trinajstić information content (AvgIpc) is 2.97. The number of nitrogens with two attached hydrogens (primary N) is 1. The fourth-order valence-electron chi connectivity index (χ4n) is 1.77. The summed E-state index contributed by atoms with van der Waals surface area (Å²) in [5, 5.41) is 1.18. The van der Waals surface area contributed by atoms with Crippen molar-refractivity contribution in [2.75, 3.05) is 0 Å². The van der Waals surface area contributed by atoms with Crippen LogP contribution in [0.2, 0.25) is 0 Å². The van der Waals surface area contributed by atoms with Crippen LogP contribution < -0.4 is 5.73 Å². The van der Waals surface area contributed by atoms with E-state index in [9.17, 15) is 0 Å². The van der Waals surface area contributed by atoms with Crippen molar-refractivity contribution in [3.63, 3.8) is 0 Å². The Kier molecular flexibility index (Phi) is 1.45.